The summed E-state index contributed by atoms with van der Waals surface area (Å²) in [6, 6.07) is 6.08. The Bertz CT molecular complexity index is 332. The number of rotatable bonds is 3. The van der Waals surface area contributed by atoms with Gasteiger partial charge >= 0.3 is 5.97 Å². The van der Waals surface area contributed by atoms with E-state index in [2.05, 4.69) is 4.74 Å². The van der Waals surface area contributed by atoms with Crippen LogP contribution in [0.25, 0.3) is 0 Å². The molecule has 0 saturated carbocycles. The third-order valence-electron chi connectivity index (χ3n) is 2.14. The summed E-state index contributed by atoms with van der Waals surface area (Å²) in [6.07, 6.45) is -2.37. The molecular weight excluding hydrogens is 199 g/mol. The van der Waals surface area contributed by atoms with E-state index in [0.717, 1.165) is 0 Å². The average molecular weight is 212 g/mol. The number of hydrogen-bond acceptors (Lipinski definition) is 3. The van der Waals surface area contributed by atoms with Gasteiger partial charge in [-0.15, -0.1) is 0 Å². The van der Waals surface area contributed by atoms with Gasteiger partial charge in [0.15, 0.2) is 6.10 Å². The van der Waals surface area contributed by atoms with Crippen molar-refractivity contribution in [3.8, 4) is 0 Å². The van der Waals surface area contributed by atoms with Crippen LogP contribution < -0.4 is 0 Å². The van der Waals surface area contributed by atoms with E-state index in [9.17, 15) is 14.3 Å². The van der Waals surface area contributed by atoms with E-state index in [-0.39, 0.29) is 0 Å². The second-order valence-electron chi connectivity index (χ2n) is 3.21. The van der Waals surface area contributed by atoms with Crippen molar-refractivity contribution in [1.82, 2.24) is 0 Å². The highest BCUT2D eigenvalue weighted by atomic mass is 19.1. The molecule has 0 aliphatic carbocycles. The number of benzene rings is 1. The van der Waals surface area contributed by atoms with Crippen LogP contribution in [0.5, 0.6) is 0 Å². The minimum absolute atomic E-state index is 0.395. The molecule has 0 heterocycles. The minimum atomic E-state index is -1.31. The largest absolute Gasteiger partial charge is 0.467 e. The van der Waals surface area contributed by atoms with Gasteiger partial charge in [-0.25, -0.2) is 9.18 Å². The molecule has 1 aromatic rings. The fourth-order valence-corrected chi connectivity index (χ4v) is 1.19. The normalized spacial score (nSPS) is 14.4. The Kier molecular flexibility index (Phi) is 3.80. The van der Waals surface area contributed by atoms with Crippen LogP contribution in [-0.2, 0) is 9.53 Å². The summed E-state index contributed by atoms with van der Waals surface area (Å²) in [5.74, 6) is -0.726. The van der Waals surface area contributed by atoms with Crippen molar-refractivity contribution in [1.29, 1.82) is 0 Å². The molecule has 2 unspecified atom stereocenters. The predicted molar refractivity (Wildman–Crippen MR) is 52.9 cm³/mol. The number of methoxy groups -OCH3 is 1. The Morgan fingerprint density at radius 3 is 2.20 bits per heavy atom. The van der Waals surface area contributed by atoms with Crippen LogP contribution in [-0.4, -0.2) is 18.2 Å². The molecule has 4 heteroatoms. The summed E-state index contributed by atoms with van der Waals surface area (Å²) in [5.41, 5.74) is 0.905. The summed E-state index contributed by atoms with van der Waals surface area (Å²) in [6.45, 7) is 1.42. The van der Waals surface area contributed by atoms with Crippen molar-refractivity contribution in [2.45, 2.75) is 19.2 Å². The molecule has 1 rings (SSSR count). The average Bonchev–Trinajstić information content (AvgIpc) is 2.27. The molecular formula is C11H13FO3. The van der Waals surface area contributed by atoms with Crippen LogP contribution in [0, 0.1) is 0 Å². The van der Waals surface area contributed by atoms with Crippen molar-refractivity contribution < 1.29 is 19.0 Å². The molecule has 15 heavy (non-hydrogen) atoms. The summed E-state index contributed by atoms with van der Waals surface area (Å²) in [7, 11) is 1.20. The van der Waals surface area contributed by atoms with Crippen LogP contribution >= 0.6 is 0 Å². The first-order chi connectivity index (χ1) is 7.06. The molecule has 82 valence electrons. The maximum atomic E-state index is 12.8. The number of carbonyl (C=O) groups is 1. The van der Waals surface area contributed by atoms with E-state index >= 15 is 0 Å². The molecule has 3 nitrogen and oxygen atoms in total. The van der Waals surface area contributed by atoms with E-state index in [1.807, 2.05) is 0 Å². The van der Waals surface area contributed by atoms with Crippen LogP contribution in [0.2, 0.25) is 0 Å². The van der Waals surface area contributed by atoms with Gasteiger partial charge < -0.3 is 9.84 Å². The van der Waals surface area contributed by atoms with Crippen molar-refractivity contribution in [3.63, 3.8) is 0 Å². The molecule has 1 N–H and O–H groups in total. The van der Waals surface area contributed by atoms with E-state index in [0.29, 0.717) is 11.1 Å². The Morgan fingerprint density at radius 2 is 1.80 bits per heavy atom. The first-order valence-electron chi connectivity index (χ1n) is 4.56. The zero-order valence-electron chi connectivity index (χ0n) is 8.61. The number of ether oxygens (including phenoxy) is 1. The molecule has 0 bridgehead atoms. The first kappa shape index (κ1) is 11.7. The zero-order chi connectivity index (χ0) is 11.4. The SMILES string of the molecule is COC(=O)C(O)c1ccc(C(C)F)cc1. The van der Waals surface area contributed by atoms with Gasteiger partial charge in [-0.1, -0.05) is 24.3 Å². The Hall–Kier alpha value is -1.42. The van der Waals surface area contributed by atoms with Gasteiger partial charge in [-0.2, -0.15) is 0 Å². The first-order valence-corrected chi connectivity index (χ1v) is 4.56. The minimum Gasteiger partial charge on any atom is -0.467 e. The van der Waals surface area contributed by atoms with Gasteiger partial charge in [0.05, 0.1) is 7.11 Å². The van der Waals surface area contributed by atoms with Gasteiger partial charge in [-0.05, 0) is 18.1 Å². The highest BCUT2D eigenvalue weighted by molar-refractivity contribution is 5.76. The summed E-state index contributed by atoms with van der Waals surface area (Å²) < 4.78 is 17.2. The molecule has 0 saturated heterocycles. The number of aliphatic hydroxyl groups is 1. The van der Waals surface area contributed by atoms with E-state index in [1.165, 1.54) is 38.3 Å². The maximum Gasteiger partial charge on any atom is 0.339 e. The van der Waals surface area contributed by atoms with Crippen LogP contribution in [0.3, 0.4) is 0 Å². The van der Waals surface area contributed by atoms with Crippen molar-refractivity contribution in [2.75, 3.05) is 7.11 Å². The molecule has 0 aliphatic rings. The van der Waals surface area contributed by atoms with Crippen molar-refractivity contribution in [3.05, 3.63) is 35.4 Å². The highest BCUT2D eigenvalue weighted by Gasteiger charge is 2.17. The number of halogens is 1. The van der Waals surface area contributed by atoms with E-state index in [1.54, 1.807) is 0 Å². The lowest BCUT2D eigenvalue weighted by molar-refractivity contribution is -0.150. The zero-order valence-corrected chi connectivity index (χ0v) is 8.61. The Morgan fingerprint density at radius 1 is 1.33 bits per heavy atom. The topological polar surface area (TPSA) is 46.5 Å². The number of aliphatic hydroxyl groups excluding tert-OH is 1. The fourth-order valence-electron chi connectivity index (χ4n) is 1.19. The monoisotopic (exact) mass is 212 g/mol. The number of carbonyl (C=O) groups excluding carboxylic acids is 1. The van der Waals surface area contributed by atoms with Gasteiger partial charge in [-0.3, -0.25) is 0 Å². The van der Waals surface area contributed by atoms with Gasteiger partial charge in [0.25, 0.3) is 0 Å². The molecule has 0 amide bonds. The Balaban J connectivity index is 2.84. The molecule has 0 aromatic heterocycles. The predicted octanol–water partition coefficient (Wildman–Crippen LogP) is 1.92. The summed E-state index contributed by atoms with van der Waals surface area (Å²) in [5, 5.41) is 9.45. The lowest BCUT2D eigenvalue weighted by Gasteiger charge is -2.09. The second-order valence-corrected chi connectivity index (χ2v) is 3.21. The third-order valence-corrected chi connectivity index (χ3v) is 2.14. The molecule has 2 atom stereocenters. The number of hydrogen-bond donors (Lipinski definition) is 1. The van der Waals surface area contributed by atoms with Crippen LogP contribution in [0.1, 0.15) is 30.3 Å². The van der Waals surface area contributed by atoms with Gasteiger partial charge in [0.1, 0.15) is 6.17 Å². The summed E-state index contributed by atoms with van der Waals surface area (Å²) in [4.78, 5) is 11.0. The lowest BCUT2D eigenvalue weighted by atomic mass is 10.1. The highest BCUT2D eigenvalue weighted by Crippen LogP contribution is 2.20. The van der Waals surface area contributed by atoms with Crippen LogP contribution in [0.15, 0.2) is 24.3 Å². The number of esters is 1. The molecule has 0 aliphatic heterocycles. The molecule has 0 fully saturated rings. The van der Waals surface area contributed by atoms with Gasteiger partial charge in [0, 0.05) is 0 Å². The Labute approximate surface area is 87.5 Å². The van der Waals surface area contributed by atoms with E-state index in [4.69, 9.17) is 0 Å². The van der Waals surface area contributed by atoms with Crippen molar-refractivity contribution in [2.24, 2.45) is 0 Å². The third kappa shape index (κ3) is 2.76. The number of alkyl halides is 1. The quantitative estimate of drug-likeness (QED) is 0.778. The second kappa shape index (κ2) is 4.89. The molecule has 0 radical (unpaired) electrons. The fraction of sp³-hybridized carbons (Fsp3) is 0.364. The smallest absolute Gasteiger partial charge is 0.339 e. The standard InChI is InChI=1S/C11H13FO3/c1-7(12)8-3-5-9(6-4-8)10(13)11(14)15-2/h3-7,10,13H,1-2H3. The molecule has 0 spiro atoms. The maximum absolute atomic E-state index is 12.8. The van der Waals surface area contributed by atoms with Gasteiger partial charge in [0.2, 0.25) is 0 Å². The van der Waals surface area contributed by atoms with Crippen molar-refractivity contribution >= 4 is 5.97 Å². The van der Waals surface area contributed by atoms with E-state index < -0.39 is 18.2 Å². The van der Waals surface area contributed by atoms with Crippen LogP contribution in [0.4, 0.5) is 4.39 Å². The molecule has 1 aromatic carbocycles. The summed E-state index contributed by atoms with van der Waals surface area (Å²) >= 11 is 0. The lowest BCUT2D eigenvalue weighted by Crippen LogP contribution is -2.13.